The monoisotopic (exact) mass is 561 g/mol. The number of piperidine rings is 1. The Balaban J connectivity index is 1.28. The SMILES string of the molecule is CC(COCc1nc(C2CCN(c3ccc(C(F)(F)F)cn3)C(C)C2)no1)Nc1cn[nH]c(=O)c1C(F)(F)F. The summed E-state index contributed by atoms with van der Waals surface area (Å²) in [5.74, 6) is 1.06. The van der Waals surface area contributed by atoms with E-state index in [0.717, 1.165) is 18.5 Å². The van der Waals surface area contributed by atoms with Gasteiger partial charge in [-0.3, -0.25) is 4.79 Å². The Bertz CT molecular complexity index is 1310. The number of alkyl halides is 6. The van der Waals surface area contributed by atoms with E-state index in [2.05, 4.69) is 25.5 Å². The van der Waals surface area contributed by atoms with E-state index in [-0.39, 0.29) is 31.1 Å². The summed E-state index contributed by atoms with van der Waals surface area (Å²) in [7, 11) is 0. The molecule has 0 aliphatic carbocycles. The van der Waals surface area contributed by atoms with Crippen LogP contribution in [0.4, 0.5) is 37.8 Å². The number of nitrogens with one attached hydrogen (secondary N) is 2. The fraction of sp³-hybridized carbons (Fsp3) is 0.522. The number of nitrogens with zero attached hydrogens (tertiary/aromatic N) is 5. The van der Waals surface area contributed by atoms with Gasteiger partial charge in [0.05, 0.1) is 24.1 Å². The lowest BCUT2D eigenvalue weighted by Crippen LogP contribution is -2.41. The molecule has 1 saturated heterocycles. The highest BCUT2D eigenvalue weighted by molar-refractivity contribution is 5.50. The topological polar surface area (TPSA) is 122 Å². The molecule has 3 unspecified atom stereocenters. The van der Waals surface area contributed by atoms with Gasteiger partial charge >= 0.3 is 12.4 Å². The number of rotatable bonds is 8. The Morgan fingerprint density at radius 2 is 1.97 bits per heavy atom. The zero-order chi connectivity index (χ0) is 28.4. The van der Waals surface area contributed by atoms with Crippen LogP contribution >= 0.6 is 0 Å². The molecule has 3 aromatic heterocycles. The quantitative estimate of drug-likeness (QED) is 0.386. The van der Waals surface area contributed by atoms with Crippen molar-refractivity contribution in [2.45, 2.75) is 63.7 Å². The van der Waals surface area contributed by atoms with Crippen LogP contribution in [-0.4, -0.2) is 50.6 Å². The zero-order valence-corrected chi connectivity index (χ0v) is 20.8. The normalized spacial score (nSPS) is 19.2. The standard InChI is InChI=1S/C23H25F6N7O3/c1-12(32-16-9-31-34-21(37)19(16)23(27,28)29)10-38-11-18-33-20(35-39-18)14-5-6-36(13(2)7-14)17-4-3-15(8-30-17)22(24,25)26/h3-4,8-9,12-14H,5-7,10-11H2,1-2H3,(H2,32,34,37). The highest BCUT2D eigenvalue weighted by Crippen LogP contribution is 2.34. The molecule has 16 heteroatoms. The second-order valence-electron chi connectivity index (χ2n) is 9.26. The number of halogens is 6. The summed E-state index contributed by atoms with van der Waals surface area (Å²) in [6, 6.07) is 1.71. The lowest BCUT2D eigenvalue weighted by Gasteiger charge is -2.37. The van der Waals surface area contributed by atoms with Gasteiger partial charge in [0.25, 0.3) is 11.4 Å². The maximum atomic E-state index is 13.2. The summed E-state index contributed by atoms with van der Waals surface area (Å²) < 4.78 is 88.7. The number of aromatic nitrogens is 5. The third kappa shape index (κ3) is 6.85. The lowest BCUT2D eigenvalue weighted by atomic mass is 9.91. The Hall–Kier alpha value is -3.69. The molecule has 39 heavy (non-hydrogen) atoms. The van der Waals surface area contributed by atoms with Gasteiger partial charge in [0.15, 0.2) is 5.82 Å². The molecule has 1 aliphatic heterocycles. The second-order valence-corrected chi connectivity index (χ2v) is 9.26. The van der Waals surface area contributed by atoms with Crippen LogP contribution in [0, 0.1) is 0 Å². The Kier molecular flexibility index (Phi) is 8.13. The Labute approximate surface area is 217 Å². The van der Waals surface area contributed by atoms with Crippen LogP contribution in [0.1, 0.15) is 55.4 Å². The first-order valence-corrected chi connectivity index (χ1v) is 11.9. The van der Waals surface area contributed by atoms with Crippen molar-refractivity contribution in [2.24, 2.45) is 0 Å². The molecule has 0 spiro atoms. The fourth-order valence-electron chi connectivity index (χ4n) is 4.38. The molecule has 212 valence electrons. The fourth-order valence-corrected chi connectivity index (χ4v) is 4.38. The molecule has 1 fully saturated rings. The molecular formula is C23H25F6N7O3. The second kappa shape index (κ2) is 11.2. The number of aromatic amines is 1. The highest BCUT2D eigenvalue weighted by Gasteiger charge is 2.37. The average Bonchev–Trinajstić information content (AvgIpc) is 3.32. The largest absolute Gasteiger partial charge is 0.423 e. The zero-order valence-electron chi connectivity index (χ0n) is 20.8. The highest BCUT2D eigenvalue weighted by atomic mass is 19.4. The lowest BCUT2D eigenvalue weighted by molar-refractivity contribution is -0.138. The number of hydrogen-bond donors (Lipinski definition) is 2. The molecular weight excluding hydrogens is 536 g/mol. The van der Waals surface area contributed by atoms with Crippen molar-refractivity contribution in [1.82, 2.24) is 25.3 Å². The van der Waals surface area contributed by atoms with Crippen LogP contribution < -0.4 is 15.8 Å². The van der Waals surface area contributed by atoms with Gasteiger partial charge in [0.1, 0.15) is 18.0 Å². The number of ether oxygens (including phenoxy) is 1. The van der Waals surface area contributed by atoms with Gasteiger partial charge in [-0.05, 0) is 38.8 Å². The van der Waals surface area contributed by atoms with Gasteiger partial charge in [-0.25, -0.2) is 10.1 Å². The van der Waals surface area contributed by atoms with Crippen molar-refractivity contribution in [3.63, 3.8) is 0 Å². The Morgan fingerprint density at radius 1 is 1.21 bits per heavy atom. The smallest absolute Gasteiger partial charge is 0.378 e. The first-order chi connectivity index (χ1) is 18.3. The summed E-state index contributed by atoms with van der Waals surface area (Å²) in [6.45, 7) is 3.93. The van der Waals surface area contributed by atoms with E-state index in [1.54, 1.807) is 12.0 Å². The van der Waals surface area contributed by atoms with E-state index < -0.39 is 40.8 Å². The van der Waals surface area contributed by atoms with E-state index in [1.807, 2.05) is 11.8 Å². The predicted molar refractivity (Wildman–Crippen MR) is 125 cm³/mol. The van der Waals surface area contributed by atoms with E-state index in [9.17, 15) is 31.1 Å². The first kappa shape index (κ1) is 28.3. The van der Waals surface area contributed by atoms with E-state index in [1.165, 1.54) is 6.07 Å². The molecule has 0 bridgehead atoms. The molecule has 1 aliphatic rings. The first-order valence-electron chi connectivity index (χ1n) is 11.9. The third-order valence-corrected chi connectivity index (χ3v) is 6.23. The average molecular weight is 561 g/mol. The van der Waals surface area contributed by atoms with Gasteiger partial charge in [-0.1, -0.05) is 5.16 Å². The number of pyridine rings is 1. The van der Waals surface area contributed by atoms with Crippen molar-refractivity contribution in [2.75, 3.05) is 23.4 Å². The van der Waals surface area contributed by atoms with Crippen molar-refractivity contribution in [1.29, 1.82) is 0 Å². The molecule has 3 atom stereocenters. The summed E-state index contributed by atoms with van der Waals surface area (Å²) >= 11 is 0. The van der Waals surface area contributed by atoms with Crippen molar-refractivity contribution in [3.8, 4) is 0 Å². The summed E-state index contributed by atoms with van der Waals surface area (Å²) in [5.41, 5.74) is -4.00. The predicted octanol–water partition coefficient (Wildman–Crippen LogP) is 4.38. The minimum Gasteiger partial charge on any atom is -0.378 e. The van der Waals surface area contributed by atoms with Crippen LogP contribution in [0.15, 0.2) is 33.8 Å². The minimum absolute atomic E-state index is 0.0304. The number of anilines is 2. The van der Waals surface area contributed by atoms with Crippen molar-refractivity contribution < 1.29 is 35.6 Å². The van der Waals surface area contributed by atoms with Crippen molar-refractivity contribution in [3.05, 3.63) is 57.7 Å². The van der Waals surface area contributed by atoms with Crippen LogP contribution in [0.5, 0.6) is 0 Å². The molecule has 10 nitrogen and oxygen atoms in total. The van der Waals surface area contributed by atoms with Crippen LogP contribution in [-0.2, 0) is 23.7 Å². The number of H-pyrrole nitrogens is 1. The van der Waals surface area contributed by atoms with Gasteiger partial charge < -0.3 is 19.5 Å². The number of hydrogen-bond acceptors (Lipinski definition) is 9. The van der Waals surface area contributed by atoms with Gasteiger partial charge in [0.2, 0.25) is 0 Å². The summed E-state index contributed by atoms with van der Waals surface area (Å²) in [4.78, 5) is 21.8. The molecule has 3 aromatic rings. The molecule has 2 N–H and O–H groups in total. The van der Waals surface area contributed by atoms with Crippen molar-refractivity contribution >= 4 is 11.5 Å². The summed E-state index contributed by atoms with van der Waals surface area (Å²) in [6.07, 6.45) is -6.36. The maximum absolute atomic E-state index is 13.2. The minimum atomic E-state index is -4.86. The molecule has 4 heterocycles. The van der Waals surface area contributed by atoms with Crippen LogP contribution in [0.25, 0.3) is 0 Å². The molecule has 0 saturated carbocycles. The van der Waals surface area contributed by atoms with E-state index in [0.29, 0.717) is 31.0 Å². The third-order valence-electron chi connectivity index (χ3n) is 6.23. The van der Waals surface area contributed by atoms with Crippen LogP contribution in [0.3, 0.4) is 0 Å². The molecule has 0 radical (unpaired) electrons. The summed E-state index contributed by atoms with van der Waals surface area (Å²) in [5, 5.41) is 11.8. The van der Waals surface area contributed by atoms with E-state index in [4.69, 9.17) is 9.26 Å². The maximum Gasteiger partial charge on any atom is 0.423 e. The van der Waals surface area contributed by atoms with Gasteiger partial charge in [-0.2, -0.15) is 36.4 Å². The molecule has 0 amide bonds. The van der Waals surface area contributed by atoms with Crippen LogP contribution in [0.2, 0.25) is 0 Å². The van der Waals surface area contributed by atoms with Gasteiger partial charge in [0, 0.05) is 30.7 Å². The van der Waals surface area contributed by atoms with Gasteiger partial charge in [-0.15, -0.1) is 0 Å². The molecule has 0 aromatic carbocycles. The Morgan fingerprint density at radius 3 is 2.62 bits per heavy atom. The van der Waals surface area contributed by atoms with E-state index >= 15 is 0 Å². The molecule has 4 rings (SSSR count).